The van der Waals surface area contributed by atoms with Crippen LogP contribution in [-0.2, 0) is 0 Å². The Morgan fingerprint density at radius 1 is 1.50 bits per heavy atom. The van der Waals surface area contributed by atoms with Crippen LogP contribution in [0.25, 0.3) is 0 Å². The van der Waals surface area contributed by atoms with Gasteiger partial charge in [0.25, 0.3) is 0 Å². The second-order valence-electron chi connectivity index (χ2n) is 2.48. The summed E-state index contributed by atoms with van der Waals surface area (Å²) in [4.78, 5) is 0. The van der Waals surface area contributed by atoms with E-state index in [1.807, 2.05) is 6.08 Å². The van der Waals surface area contributed by atoms with Gasteiger partial charge in [-0.15, -0.1) is 6.58 Å². The molecule has 0 amide bonds. The molecule has 0 saturated carbocycles. The molecule has 8 heavy (non-hydrogen) atoms. The Morgan fingerprint density at radius 2 is 2.00 bits per heavy atom. The van der Waals surface area contributed by atoms with Crippen molar-refractivity contribution in [3.63, 3.8) is 0 Å². The maximum Gasteiger partial charge on any atom is -0.0239 e. The first kappa shape index (κ1) is 7.74. The van der Waals surface area contributed by atoms with Crippen LogP contribution in [0, 0.1) is 11.8 Å². The van der Waals surface area contributed by atoms with Crippen molar-refractivity contribution >= 4 is 0 Å². The van der Waals surface area contributed by atoms with Gasteiger partial charge in [0.2, 0.25) is 0 Å². The van der Waals surface area contributed by atoms with Crippen molar-refractivity contribution in [2.24, 2.45) is 11.8 Å². The third-order valence-electron chi connectivity index (χ3n) is 1.91. The fraction of sp³-hybridized carbons (Fsp3) is 0.750. The summed E-state index contributed by atoms with van der Waals surface area (Å²) in [5.74, 6) is 1.48. The van der Waals surface area contributed by atoms with Crippen LogP contribution in [-0.4, -0.2) is 0 Å². The van der Waals surface area contributed by atoms with Crippen molar-refractivity contribution in [3.8, 4) is 0 Å². The molecule has 0 unspecified atom stereocenters. The van der Waals surface area contributed by atoms with E-state index >= 15 is 0 Å². The predicted octanol–water partition coefficient (Wildman–Crippen LogP) is 2.85. The Labute approximate surface area is 52.6 Å². The van der Waals surface area contributed by atoms with Gasteiger partial charge in [-0.25, -0.2) is 0 Å². The van der Waals surface area contributed by atoms with E-state index < -0.39 is 0 Å². The number of hydrogen-bond acceptors (Lipinski definition) is 0. The van der Waals surface area contributed by atoms with Gasteiger partial charge in [0.05, 0.1) is 0 Å². The SMILES string of the molecule is C=C[C@@H](C)[C@H](C)CC. The Kier molecular flexibility index (Phi) is 3.59. The molecule has 0 N–H and O–H groups in total. The quantitative estimate of drug-likeness (QED) is 0.492. The molecule has 0 radical (unpaired) electrons. The summed E-state index contributed by atoms with van der Waals surface area (Å²) in [6, 6.07) is 0. The van der Waals surface area contributed by atoms with Gasteiger partial charge < -0.3 is 0 Å². The Balaban J connectivity index is 3.44. The molecule has 0 aliphatic rings. The number of allylic oxidation sites excluding steroid dienone is 1. The van der Waals surface area contributed by atoms with E-state index in [0.29, 0.717) is 5.92 Å². The van der Waals surface area contributed by atoms with Gasteiger partial charge in [0, 0.05) is 0 Å². The maximum absolute atomic E-state index is 3.73. The lowest BCUT2D eigenvalue weighted by molar-refractivity contribution is 0.447. The Morgan fingerprint density at radius 3 is 2.12 bits per heavy atom. The molecule has 0 nitrogen and oxygen atoms in total. The van der Waals surface area contributed by atoms with E-state index in [1.54, 1.807) is 0 Å². The second kappa shape index (κ2) is 3.71. The van der Waals surface area contributed by atoms with Crippen LogP contribution in [0.4, 0.5) is 0 Å². The molecule has 0 spiro atoms. The van der Waals surface area contributed by atoms with Crippen LogP contribution in [0.2, 0.25) is 0 Å². The van der Waals surface area contributed by atoms with Crippen molar-refractivity contribution in [1.29, 1.82) is 0 Å². The third-order valence-corrected chi connectivity index (χ3v) is 1.91. The highest BCUT2D eigenvalue weighted by molar-refractivity contribution is 4.78. The first-order valence-electron chi connectivity index (χ1n) is 3.34. The van der Waals surface area contributed by atoms with Gasteiger partial charge >= 0.3 is 0 Å². The van der Waals surface area contributed by atoms with Crippen LogP contribution in [0.3, 0.4) is 0 Å². The lowest BCUT2D eigenvalue weighted by Gasteiger charge is -2.12. The predicted molar refractivity (Wildman–Crippen MR) is 38.8 cm³/mol. The minimum Gasteiger partial charge on any atom is -0.103 e. The van der Waals surface area contributed by atoms with Gasteiger partial charge in [-0.3, -0.25) is 0 Å². The summed E-state index contributed by atoms with van der Waals surface area (Å²) in [6.07, 6.45) is 3.28. The van der Waals surface area contributed by atoms with Crippen LogP contribution < -0.4 is 0 Å². The molecule has 2 atom stereocenters. The van der Waals surface area contributed by atoms with Gasteiger partial charge in [-0.2, -0.15) is 0 Å². The molecule has 0 heteroatoms. The highest BCUT2D eigenvalue weighted by Gasteiger charge is 2.03. The molecule has 0 aliphatic carbocycles. The minimum absolute atomic E-state index is 0.681. The fourth-order valence-electron chi connectivity index (χ4n) is 0.604. The molecule has 0 bridgehead atoms. The molecule has 0 aromatic heterocycles. The fourth-order valence-corrected chi connectivity index (χ4v) is 0.604. The smallest absolute Gasteiger partial charge is 0.0239 e. The van der Waals surface area contributed by atoms with E-state index in [4.69, 9.17) is 0 Å². The van der Waals surface area contributed by atoms with Gasteiger partial charge in [0.1, 0.15) is 0 Å². The number of rotatable bonds is 3. The Hall–Kier alpha value is -0.260. The summed E-state index contributed by atoms with van der Waals surface area (Å²) in [5.41, 5.74) is 0. The lowest BCUT2D eigenvalue weighted by atomic mass is 9.94. The minimum atomic E-state index is 0.681. The molecule has 0 saturated heterocycles. The molecule has 0 rings (SSSR count). The van der Waals surface area contributed by atoms with Crippen molar-refractivity contribution in [1.82, 2.24) is 0 Å². The molecular formula is C8H16. The summed E-state index contributed by atoms with van der Waals surface area (Å²) in [7, 11) is 0. The van der Waals surface area contributed by atoms with E-state index in [-0.39, 0.29) is 0 Å². The first-order valence-corrected chi connectivity index (χ1v) is 3.34. The van der Waals surface area contributed by atoms with Crippen molar-refractivity contribution < 1.29 is 0 Å². The molecule has 0 fully saturated rings. The van der Waals surface area contributed by atoms with Gasteiger partial charge in [0.15, 0.2) is 0 Å². The third kappa shape index (κ3) is 2.15. The van der Waals surface area contributed by atoms with Crippen molar-refractivity contribution in [2.75, 3.05) is 0 Å². The van der Waals surface area contributed by atoms with Crippen LogP contribution in [0.1, 0.15) is 27.2 Å². The average molecular weight is 112 g/mol. The molecule has 0 heterocycles. The molecular weight excluding hydrogens is 96.1 g/mol. The average Bonchev–Trinajstić information content (AvgIpc) is 1.84. The van der Waals surface area contributed by atoms with Crippen molar-refractivity contribution in [3.05, 3.63) is 12.7 Å². The largest absolute Gasteiger partial charge is 0.103 e. The van der Waals surface area contributed by atoms with E-state index in [2.05, 4.69) is 27.4 Å². The monoisotopic (exact) mass is 112 g/mol. The van der Waals surface area contributed by atoms with Crippen molar-refractivity contribution in [2.45, 2.75) is 27.2 Å². The highest BCUT2D eigenvalue weighted by atomic mass is 14.1. The van der Waals surface area contributed by atoms with Crippen LogP contribution in [0.5, 0.6) is 0 Å². The Bertz CT molecular complexity index is 64.4. The molecule has 0 aromatic rings. The zero-order chi connectivity index (χ0) is 6.57. The van der Waals surface area contributed by atoms with Crippen LogP contribution in [0.15, 0.2) is 12.7 Å². The molecule has 0 aliphatic heterocycles. The normalized spacial score (nSPS) is 17.4. The molecule has 48 valence electrons. The number of hydrogen-bond donors (Lipinski definition) is 0. The summed E-state index contributed by atoms with van der Waals surface area (Å²) in [6.45, 7) is 10.4. The summed E-state index contributed by atoms with van der Waals surface area (Å²) in [5, 5.41) is 0. The maximum atomic E-state index is 3.73. The van der Waals surface area contributed by atoms with Crippen LogP contribution >= 0.6 is 0 Å². The second-order valence-corrected chi connectivity index (χ2v) is 2.48. The van der Waals surface area contributed by atoms with Gasteiger partial charge in [-0.05, 0) is 11.8 Å². The zero-order valence-corrected chi connectivity index (χ0v) is 6.15. The summed E-state index contributed by atoms with van der Waals surface area (Å²) >= 11 is 0. The topological polar surface area (TPSA) is 0 Å². The summed E-state index contributed by atoms with van der Waals surface area (Å²) < 4.78 is 0. The highest BCUT2D eigenvalue weighted by Crippen LogP contribution is 2.13. The molecule has 0 aromatic carbocycles. The lowest BCUT2D eigenvalue weighted by Crippen LogP contribution is -2.01. The zero-order valence-electron chi connectivity index (χ0n) is 6.15. The van der Waals surface area contributed by atoms with E-state index in [9.17, 15) is 0 Å². The van der Waals surface area contributed by atoms with E-state index in [1.165, 1.54) is 6.42 Å². The first-order chi connectivity index (χ1) is 3.72. The van der Waals surface area contributed by atoms with E-state index in [0.717, 1.165) is 5.92 Å². The van der Waals surface area contributed by atoms with Gasteiger partial charge in [-0.1, -0.05) is 33.3 Å². The standard InChI is InChI=1S/C8H16/c1-5-7(3)8(4)6-2/h5,7-8H,1,6H2,2-4H3/t7-,8-/m1/s1.